The van der Waals surface area contributed by atoms with Crippen LogP contribution in [0.4, 0.5) is 11.4 Å². The molecule has 0 spiro atoms. The number of fused-ring (bicyclic) bond motifs is 1. The summed E-state index contributed by atoms with van der Waals surface area (Å²) in [4.78, 5) is 42.0. The standard InChI is InChI=1S/C16H15N3O4S/c1-9-15(24-10(2)17-9)16(22)23-8-14(21)19-7-13(20)18-11-5-3-4-6-12(11)19/h3-6H,7-8H2,1-2H3,(H,18,20). The second kappa shape index (κ2) is 6.40. The number of ether oxygens (including phenoxy) is 1. The molecule has 0 radical (unpaired) electrons. The van der Waals surface area contributed by atoms with Crippen molar-refractivity contribution in [3.63, 3.8) is 0 Å². The Morgan fingerprint density at radius 1 is 1.33 bits per heavy atom. The Morgan fingerprint density at radius 2 is 2.08 bits per heavy atom. The van der Waals surface area contributed by atoms with Gasteiger partial charge in [0.1, 0.15) is 11.4 Å². The number of hydrogen-bond acceptors (Lipinski definition) is 6. The molecule has 1 aromatic heterocycles. The van der Waals surface area contributed by atoms with Gasteiger partial charge in [-0.25, -0.2) is 9.78 Å². The van der Waals surface area contributed by atoms with Crippen LogP contribution in [0.15, 0.2) is 24.3 Å². The Morgan fingerprint density at radius 3 is 2.79 bits per heavy atom. The van der Waals surface area contributed by atoms with Crippen LogP contribution in [0.25, 0.3) is 0 Å². The van der Waals surface area contributed by atoms with Crippen molar-refractivity contribution in [2.24, 2.45) is 0 Å². The normalized spacial score (nSPS) is 13.2. The third-order valence-corrected chi connectivity index (χ3v) is 4.54. The molecule has 0 fully saturated rings. The largest absolute Gasteiger partial charge is 0.451 e. The fraction of sp³-hybridized carbons (Fsp3) is 0.250. The highest BCUT2D eigenvalue weighted by Crippen LogP contribution is 2.29. The van der Waals surface area contributed by atoms with Crippen molar-refractivity contribution in [1.29, 1.82) is 0 Å². The lowest BCUT2D eigenvalue weighted by atomic mass is 10.2. The van der Waals surface area contributed by atoms with Gasteiger partial charge in [0.2, 0.25) is 5.91 Å². The van der Waals surface area contributed by atoms with Gasteiger partial charge in [-0.2, -0.15) is 0 Å². The molecule has 124 valence electrons. The third-order valence-electron chi connectivity index (χ3n) is 3.49. The van der Waals surface area contributed by atoms with E-state index in [1.54, 1.807) is 38.1 Å². The summed E-state index contributed by atoms with van der Waals surface area (Å²) in [5.41, 5.74) is 1.72. The molecular weight excluding hydrogens is 330 g/mol. The van der Waals surface area contributed by atoms with Gasteiger partial charge in [0, 0.05) is 0 Å². The number of anilines is 2. The zero-order valence-electron chi connectivity index (χ0n) is 13.2. The lowest BCUT2D eigenvalue weighted by Gasteiger charge is -2.28. The molecule has 2 amide bonds. The Kier molecular flexibility index (Phi) is 4.30. The molecule has 3 rings (SSSR count). The van der Waals surface area contributed by atoms with Gasteiger partial charge in [0.25, 0.3) is 5.91 Å². The van der Waals surface area contributed by atoms with Crippen LogP contribution >= 0.6 is 11.3 Å². The zero-order chi connectivity index (χ0) is 17.3. The Bertz CT molecular complexity index is 830. The summed E-state index contributed by atoms with van der Waals surface area (Å²) < 4.78 is 5.10. The minimum Gasteiger partial charge on any atom is -0.451 e. The molecule has 0 atom stereocenters. The maximum absolute atomic E-state index is 12.4. The van der Waals surface area contributed by atoms with Gasteiger partial charge >= 0.3 is 5.97 Å². The van der Waals surface area contributed by atoms with E-state index in [1.165, 1.54) is 16.2 Å². The molecule has 0 saturated carbocycles. The topological polar surface area (TPSA) is 88.6 Å². The molecule has 1 aliphatic rings. The number of nitrogens with one attached hydrogen (secondary N) is 1. The van der Waals surface area contributed by atoms with E-state index >= 15 is 0 Å². The number of amides is 2. The van der Waals surface area contributed by atoms with Crippen molar-refractivity contribution in [1.82, 2.24) is 4.98 Å². The number of aryl methyl sites for hydroxylation is 2. The van der Waals surface area contributed by atoms with Crippen molar-refractivity contribution < 1.29 is 19.1 Å². The van der Waals surface area contributed by atoms with Crippen LogP contribution in [0.1, 0.15) is 20.4 Å². The number of aromatic nitrogens is 1. The first kappa shape index (κ1) is 16.1. The lowest BCUT2D eigenvalue weighted by Crippen LogP contribution is -2.44. The van der Waals surface area contributed by atoms with Crippen molar-refractivity contribution in [2.45, 2.75) is 13.8 Å². The smallest absolute Gasteiger partial charge is 0.350 e. The first-order chi connectivity index (χ1) is 11.5. The van der Waals surface area contributed by atoms with Crippen molar-refractivity contribution in [3.8, 4) is 0 Å². The number of para-hydroxylation sites is 2. The second-order valence-corrected chi connectivity index (χ2v) is 6.47. The van der Waals surface area contributed by atoms with Crippen LogP contribution in [0.3, 0.4) is 0 Å². The SMILES string of the molecule is Cc1nc(C)c(C(=O)OCC(=O)N2CC(=O)Nc3ccccc32)s1. The van der Waals surface area contributed by atoms with Gasteiger partial charge < -0.3 is 10.1 Å². The quantitative estimate of drug-likeness (QED) is 0.859. The third kappa shape index (κ3) is 3.13. The molecule has 0 unspecified atom stereocenters. The molecule has 2 aromatic rings. The van der Waals surface area contributed by atoms with E-state index < -0.39 is 18.5 Å². The molecule has 2 heterocycles. The van der Waals surface area contributed by atoms with Crippen LogP contribution in [-0.2, 0) is 14.3 Å². The van der Waals surface area contributed by atoms with Crippen molar-refractivity contribution >= 4 is 40.5 Å². The predicted molar refractivity (Wildman–Crippen MR) is 89.3 cm³/mol. The Hall–Kier alpha value is -2.74. The highest BCUT2D eigenvalue weighted by molar-refractivity contribution is 7.13. The van der Waals surface area contributed by atoms with Crippen molar-refractivity contribution in [3.05, 3.63) is 39.8 Å². The first-order valence-corrected chi connectivity index (χ1v) is 8.08. The second-order valence-electron chi connectivity index (χ2n) is 5.27. The molecular formula is C16H15N3O4S. The number of benzene rings is 1. The van der Waals surface area contributed by atoms with E-state index in [1.807, 2.05) is 0 Å². The molecule has 0 saturated heterocycles. The molecule has 1 aromatic carbocycles. The maximum Gasteiger partial charge on any atom is 0.350 e. The highest BCUT2D eigenvalue weighted by Gasteiger charge is 2.27. The average molecular weight is 345 g/mol. The molecule has 0 aliphatic carbocycles. The molecule has 8 heteroatoms. The van der Waals surface area contributed by atoms with E-state index in [0.717, 1.165) is 5.01 Å². The van der Waals surface area contributed by atoms with Gasteiger partial charge in [0.05, 0.1) is 22.1 Å². The van der Waals surface area contributed by atoms with Crippen LogP contribution in [0, 0.1) is 13.8 Å². The van der Waals surface area contributed by atoms with E-state index in [2.05, 4.69) is 10.3 Å². The summed E-state index contributed by atoms with van der Waals surface area (Å²) in [5, 5.41) is 3.46. The molecule has 0 bridgehead atoms. The monoisotopic (exact) mass is 345 g/mol. The lowest BCUT2D eigenvalue weighted by molar-refractivity contribution is -0.124. The zero-order valence-corrected chi connectivity index (χ0v) is 14.0. The van der Waals surface area contributed by atoms with Crippen molar-refractivity contribution in [2.75, 3.05) is 23.4 Å². The van der Waals surface area contributed by atoms with Crippen LogP contribution in [-0.4, -0.2) is 35.9 Å². The first-order valence-electron chi connectivity index (χ1n) is 7.26. The molecule has 1 aliphatic heterocycles. The summed E-state index contributed by atoms with van der Waals surface area (Å²) >= 11 is 1.22. The number of rotatable bonds is 3. The summed E-state index contributed by atoms with van der Waals surface area (Å²) in [6.07, 6.45) is 0. The minimum atomic E-state index is -0.582. The maximum atomic E-state index is 12.4. The number of hydrogen-bond donors (Lipinski definition) is 1. The average Bonchev–Trinajstić information content (AvgIpc) is 2.90. The Labute approximate surface area is 142 Å². The summed E-state index contributed by atoms with van der Waals surface area (Å²) in [7, 11) is 0. The van der Waals surface area contributed by atoms with E-state index in [4.69, 9.17) is 4.74 Å². The Balaban J connectivity index is 1.70. The fourth-order valence-corrected chi connectivity index (χ4v) is 3.26. The van der Waals surface area contributed by atoms with E-state index in [9.17, 15) is 14.4 Å². The predicted octanol–water partition coefficient (Wildman–Crippen LogP) is 1.90. The van der Waals surface area contributed by atoms with Crippen LogP contribution < -0.4 is 10.2 Å². The number of esters is 1. The van der Waals surface area contributed by atoms with Gasteiger partial charge in [-0.15, -0.1) is 11.3 Å². The highest BCUT2D eigenvalue weighted by atomic mass is 32.1. The molecule has 1 N–H and O–H groups in total. The van der Waals surface area contributed by atoms with E-state index in [-0.39, 0.29) is 12.5 Å². The summed E-state index contributed by atoms with van der Waals surface area (Å²) in [6.45, 7) is 2.97. The summed E-state index contributed by atoms with van der Waals surface area (Å²) in [6, 6.07) is 6.97. The number of thiazole rings is 1. The fourth-order valence-electron chi connectivity index (χ4n) is 2.45. The number of carbonyl (C=O) groups is 3. The van der Waals surface area contributed by atoms with Gasteiger partial charge in [-0.3, -0.25) is 14.5 Å². The van der Waals surface area contributed by atoms with Gasteiger partial charge in [-0.05, 0) is 26.0 Å². The number of carbonyl (C=O) groups excluding carboxylic acids is 3. The summed E-state index contributed by atoms with van der Waals surface area (Å²) in [5.74, 6) is -1.33. The van der Waals surface area contributed by atoms with Crippen LogP contribution in [0.2, 0.25) is 0 Å². The van der Waals surface area contributed by atoms with Gasteiger partial charge in [-0.1, -0.05) is 12.1 Å². The van der Waals surface area contributed by atoms with Gasteiger partial charge in [0.15, 0.2) is 6.61 Å². The minimum absolute atomic E-state index is 0.105. The van der Waals surface area contributed by atoms with E-state index in [0.29, 0.717) is 21.9 Å². The number of nitrogens with zero attached hydrogens (tertiary/aromatic N) is 2. The van der Waals surface area contributed by atoms with Crippen LogP contribution in [0.5, 0.6) is 0 Å². The molecule has 24 heavy (non-hydrogen) atoms. The molecule has 7 nitrogen and oxygen atoms in total.